The van der Waals surface area contributed by atoms with Crippen molar-refractivity contribution in [1.82, 2.24) is 19.4 Å². The minimum absolute atomic E-state index is 0.0741. The van der Waals surface area contributed by atoms with E-state index in [1.807, 2.05) is 42.9 Å². The number of aromatic nitrogens is 2. The van der Waals surface area contributed by atoms with Crippen LogP contribution in [-0.2, 0) is 9.63 Å². The molecule has 1 unspecified atom stereocenters. The van der Waals surface area contributed by atoms with E-state index in [0.29, 0.717) is 30.4 Å². The summed E-state index contributed by atoms with van der Waals surface area (Å²) in [7, 11) is 4.01. The summed E-state index contributed by atoms with van der Waals surface area (Å²) in [4.78, 5) is 41.4. The van der Waals surface area contributed by atoms with Gasteiger partial charge in [0.15, 0.2) is 5.69 Å². The fourth-order valence-corrected chi connectivity index (χ4v) is 9.43. The van der Waals surface area contributed by atoms with E-state index in [-0.39, 0.29) is 30.1 Å². The van der Waals surface area contributed by atoms with Crippen molar-refractivity contribution in [3.63, 3.8) is 0 Å². The average molecular weight is 620 g/mol. The molecule has 3 heterocycles. The number of hydrogen-bond acceptors (Lipinski definition) is 7. The van der Waals surface area contributed by atoms with E-state index in [1.54, 1.807) is 0 Å². The van der Waals surface area contributed by atoms with Gasteiger partial charge in [0.25, 0.3) is 5.56 Å². The molecule has 7 atom stereocenters. The first-order chi connectivity index (χ1) is 21.8. The molecule has 4 fully saturated rings. The van der Waals surface area contributed by atoms with Gasteiger partial charge in [0.05, 0.1) is 17.5 Å². The van der Waals surface area contributed by atoms with Crippen molar-refractivity contribution < 1.29 is 14.7 Å². The molecule has 2 aromatic rings. The summed E-state index contributed by atoms with van der Waals surface area (Å²) >= 11 is 0. The highest BCUT2D eigenvalue weighted by Gasteiger charge is 2.46. The molecule has 4 aliphatic rings. The van der Waals surface area contributed by atoms with Crippen molar-refractivity contribution in [3.8, 4) is 0 Å². The highest BCUT2D eigenvalue weighted by atomic mass is 16.6. The number of rotatable bonds is 12. The Labute approximate surface area is 268 Å². The molecular weight excluding hydrogens is 566 g/mol. The number of carbonyl (C=O) groups is 1. The van der Waals surface area contributed by atoms with Gasteiger partial charge in [-0.3, -0.25) is 14.5 Å². The number of aliphatic carboxylic acids is 1. The standard InChI is InChI=1S/C36H53N5O4/c1-4-24-17-25-19-26(18-24)21-29(20-25)40-27-9-7-10-28(40)23-30(22-27)41-33-12-6-5-11-31(33)37-35(36(41)44)32(13-14-34(42)43)38-45-16-8-15-39(2)3/h5-6,11-12,24-30H,4,7-10,13-23H2,1-3H3,(H,42,43)/b38-32+/t24-,25-,26+,27-,28+,29?,30+. The Morgan fingerprint density at radius 3 is 2.36 bits per heavy atom. The maximum atomic E-state index is 14.4. The third-order valence-electron chi connectivity index (χ3n) is 11.2. The second-order valence-electron chi connectivity index (χ2n) is 14.7. The Bertz CT molecular complexity index is 1390. The number of piperidine rings is 2. The molecule has 1 N–H and O–H groups in total. The van der Waals surface area contributed by atoms with E-state index in [9.17, 15) is 14.7 Å². The van der Waals surface area contributed by atoms with Crippen LogP contribution in [-0.4, -0.2) is 81.5 Å². The first-order valence-electron chi connectivity index (χ1n) is 17.6. The minimum Gasteiger partial charge on any atom is -0.481 e. The molecule has 45 heavy (non-hydrogen) atoms. The Morgan fingerprint density at radius 2 is 1.69 bits per heavy atom. The van der Waals surface area contributed by atoms with Crippen molar-refractivity contribution in [2.24, 2.45) is 22.9 Å². The van der Waals surface area contributed by atoms with E-state index in [0.717, 1.165) is 54.6 Å². The molecule has 0 amide bonds. The normalized spacial score (nSPS) is 30.5. The molecule has 2 aliphatic carbocycles. The summed E-state index contributed by atoms with van der Waals surface area (Å²) < 4.78 is 1.99. The second kappa shape index (κ2) is 14.3. The number of nitrogens with zero attached hydrogens (tertiary/aromatic N) is 5. The fraction of sp³-hybridized carbons (Fsp3) is 0.722. The van der Waals surface area contributed by atoms with Crippen LogP contribution in [0.5, 0.6) is 0 Å². The van der Waals surface area contributed by atoms with Crippen molar-refractivity contribution in [2.45, 2.75) is 121 Å². The van der Waals surface area contributed by atoms with Gasteiger partial charge in [0.2, 0.25) is 0 Å². The van der Waals surface area contributed by atoms with Gasteiger partial charge >= 0.3 is 5.97 Å². The maximum Gasteiger partial charge on any atom is 0.303 e. The molecule has 2 saturated heterocycles. The molecule has 1 aromatic carbocycles. The molecule has 246 valence electrons. The molecule has 6 rings (SSSR count). The van der Waals surface area contributed by atoms with Crippen LogP contribution in [0.25, 0.3) is 11.0 Å². The molecular formula is C36H53N5O4. The van der Waals surface area contributed by atoms with Crippen LogP contribution in [0.2, 0.25) is 0 Å². The lowest BCUT2D eigenvalue weighted by atomic mass is 9.64. The molecule has 2 saturated carbocycles. The highest BCUT2D eigenvalue weighted by molar-refractivity contribution is 6.00. The summed E-state index contributed by atoms with van der Waals surface area (Å²) in [5.41, 5.74) is 1.96. The van der Waals surface area contributed by atoms with Gasteiger partial charge in [-0.05, 0) is 108 Å². The monoisotopic (exact) mass is 619 g/mol. The zero-order chi connectivity index (χ0) is 31.5. The Morgan fingerprint density at radius 1 is 0.978 bits per heavy atom. The van der Waals surface area contributed by atoms with Crippen LogP contribution in [0.3, 0.4) is 0 Å². The summed E-state index contributed by atoms with van der Waals surface area (Å²) in [6.07, 6.45) is 14.6. The number of carboxylic acid groups (broad SMARTS) is 1. The van der Waals surface area contributed by atoms with E-state index >= 15 is 0 Å². The first-order valence-corrected chi connectivity index (χ1v) is 17.6. The van der Waals surface area contributed by atoms with Crippen LogP contribution in [0.4, 0.5) is 0 Å². The minimum atomic E-state index is -0.936. The molecule has 9 nitrogen and oxygen atoms in total. The number of para-hydroxylation sites is 2. The van der Waals surface area contributed by atoms with Gasteiger partial charge in [-0.15, -0.1) is 0 Å². The highest BCUT2D eigenvalue weighted by Crippen LogP contribution is 2.49. The van der Waals surface area contributed by atoms with Crippen LogP contribution in [0.1, 0.15) is 109 Å². The van der Waals surface area contributed by atoms with Crippen LogP contribution >= 0.6 is 0 Å². The molecule has 9 heteroatoms. The number of fused-ring (bicyclic) bond motifs is 5. The lowest BCUT2D eigenvalue weighted by Gasteiger charge is -2.56. The summed E-state index contributed by atoms with van der Waals surface area (Å²) in [5, 5.41) is 13.8. The molecule has 2 aliphatic heterocycles. The molecule has 0 radical (unpaired) electrons. The number of hydrogen-bond donors (Lipinski definition) is 1. The van der Waals surface area contributed by atoms with E-state index in [2.05, 4.69) is 21.9 Å². The maximum absolute atomic E-state index is 14.4. The van der Waals surface area contributed by atoms with E-state index in [4.69, 9.17) is 9.82 Å². The smallest absolute Gasteiger partial charge is 0.303 e. The van der Waals surface area contributed by atoms with Gasteiger partial charge in [-0.25, -0.2) is 4.98 Å². The molecule has 4 bridgehead atoms. The first kappa shape index (κ1) is 32.2. The average Bonchev–Trinajstić information content (AvgIpc) is 3.00. The van der Waals surface area contributed by atoms with Gasteiger partial charge in [0.1, 0.15) is 12.3 Å². The Balaban J connectivity index is 1.29. The third kappa shape index (κ3) is 7.30. The number of benzene rings is 1. The third-order valence-corrected chi connectivity index (χ3v) is 11.2. The predicted molar refractivity (Wildman–Crippen MR) is 178 cm³/mol. The van der Waals surface area contributed by atoms with Gasteiger partial charge < -0.3 is 19.4 Å². The van der Waals surface area contributed by atoms with Crippen LogP contribution < -0.4 is 5.56 Å². The Hall–Kier alpha value is -2.78. The van der Waals surface area contributed by atoms with Gasteiger partial charge in [-0.2, -0.15) is 0 Å². The molecule has 0 spiro atoms. The summed E-state index contributed by atoms with van der Waals surface area (Å²) in [6.45, 7) is 3.61. The lowest BCUT2D eigenvalue weighted by Crippen LogP contribution is -2.59. The topological polar surface area (TPSA) is 100 Å². The van der Waals surface area contributed by atoms with Gasteiger partial charge in [0, 0.05) is 37.1 Å². The predicted octanol–water partition coefficient (Wildman–Crippen LogP) is 6.10. The van der Waals surface area contributed by atoms with Crippen molar-refractivity contribution in [1.29, 1.82) is 0 Å². The number of carboxylic acids is 1. The Kier molecular flexibility index (Phi) is 10.2. The zero-order valence-electron chi connectivity index (χ0n) is 27.6. The summed E-state index contributed by atoms with van der Waals surface area (Å²) in [5.74, 6) is 1.75. The van der Waals surface area contributed by atoms with E-state index in [1.165, 1.54) is 57.8 Å². The lowest BCUT2D eigenvalue weighted by molar-refractivity contribution is -0.136. The quantitative estimate of drug-likeness (QED) is 0.174. The van der Waals surface area contributed by atoms with E-state index < -0.39 is 5.97 Å². The van der Waals surface area contributed by atoms with Gasteiger partial charge in [-0.1, -0.05) is 37.1 Å². The van der Waals surface area contributed by atoms with Crippen LogP contribution in [0, 0.1) is 17.8 Å². The summed E-state index contributed by atoms with van der Waals surface area (Å²) in [6, 6.07) is 9.63. The zero-order valence-corrected chi connectivity index (χ0v) is 27.6. The van der Waals surface area contributed by atoms with Crippen LogP contribution in [0.15, 0.2) is 34.2 Å². The molecule has 1 aromatic heterocycles. The van der Waals surface area contributed by atoms with Crippen molar-refractivity contribution in [2.75, 3.05) is 27.2 Å². The SMILES string of the molecule is CC[C@@H]1C[C@H]2CC(N3[C@@H]4CCC[C@H]3C[C@@H](n3c(=O)c(/C(CCC(=O)O)=N/OCCCN(C)C)nc5ccccc53)C4)C[C@@H](C1)C2. The van der Waals surface area contributed by atoms with Crippen molar-refractivity contribution in [3.05, 3.63) is 40.3 Å². The second-order valence-corrected chi connectivity index (χ2v) is 14.7. The van der Waals surface area contributed by atoms with Crippen molar-refractivity contribution >= 4 is 22.7 Å². The fourth-order valence-electron chi connectivity index (χ4n) is 9.43. The number of oxime groups is 1. The largest absolute Gasteiger partial charge is 0.481 e.